The van der Waals surface area contributed by atoms with Gasteiger partial charge in [0.05, 0.1) is 12.3 Å². The number of ether oxygens (including phenoxy) is 1. The van der Waals surface area contributed by atoms with E-state index in [4.69, 9.17) is 9.72 Å². The van der Waals surface area contributed by atoms with E-state index in [0.29, 0.717) is 0 Å². The molecule has 3 aromatic rings. The summed E-state index contributed by atoms with van der Waals surface area (Å²) in [6.45, 7) is 5.93. The summed E-state index contributed by atoms with van der Waals surface area (Å²) < 4.78 is 5.59. The van der Waals surface area contributed by atoms with Crippen LogP contribution in [0, 0.1) is 0 Å². The van der Waals surface area contributed by atoms with E-state index in [0.717, 1.165) is 68.6 Å². The molecule has 2 aliphatic heterocycles. The molecule has 0 unspecified atom stereocenters. The first-order valence-electron chi connectivity index (χ1n) is 9.68. The molecule has 1 aromatic heterocycles. The molecule has 1 N–H and O–H groups in total. The number of piperazine rings is 1. The zero-order chi connectivity index (χ0) is 18.1. The zero-order valence-electron chi connectivity index (χ0n) is 15.4. The number of fused-ring (bicyclic) bond motifs is 1. The quantitative estimate of drug-likeness (QED) is 0.775. The fraction of sp³-hybridized carbons (Fsp3) is 0.318. The van der Waals surface area contributed by atoms with E-state index in [1.54, 1.807) is 0 Å². The van der Waals surface area contributed by atoms with Gasteiger partial charge >= 0.3 is 0 Å². The molecule has 5 heteroatoms. The number of nitrogens with zero attached hydrogens (tertiary/aromatic N) is 3. The molecule has 0 saturated carbocycles. The van der Waals surface area contributed by atoms with Crippen molar-refractivity contribution in [1.82, 2.24) is 14.9 Å². The highest BCUT2D eigenvalue weighted by atomic mass is 16.5. The second-order valence-electron chi connectivity index (χ2n) is 7.26. The third-order valence-electron chi connectivity index (χ3n) is 5.47. The molecule has 0 spiro atoms. The number of anilines is 1. The van der Waals surface area contributed by atoms with Gasteiger partial charge in [-0.15, -0.1) is 0 Å². The van der Waals surface area contributed by atoms with E-state index < -0.39 is 0 Å². The molecule has 0 amide bonds. The summed E-state index contributed by atoms with van der Waals surface area (Å²) in [5.41, 5.74) is 4.84. The van der Waals surface area contributed by atoms with Crippen LogP contribution in [0.25, 0.3) is 11.4 Å². The smallest absolute Gasteiger partial charge is 0.137 e. The van der Waals surface area contributed by atoms with Crippen LogP contribution >= 0.6 is 0 Å². The summed E-state index contributed by atoms with van der Waals surface area (Å²) in [6.07, 6.45) is 3.03. The maximum atomic E-state index is 5.59. The summed E-state index contributed by atoms with van der Waals surface area (Å²) in [6, 6.07) is 17.0. The molecule has 3 heterocycles. The Morgan fingerprint density at radius 3 is 2.70 bits per heavy atom. The van der Waals surface area contributed by atoms with Crippen molar-refractivity contribution in [3.05, 3.63) is 66.0 Å². The van der Waals surface area contributed by atoms with Crippen molar-refractivity contribution >= 4 is 5.69 Å². The highest BCUT2D eigenvalue weighted by Gasteiger charge is 2.19. The van der Waals surface area contributed by atoms with E-state index in [1.807, 2.05) is 6.20 Å². The summed E-state index contributed by atoms with van der Waals surface area (Å²) >= 11 is 0. The van der Waals surface area contributed by atoms with Crippen LogP contribution in [0.15, 0.2) is 54.7 Å². The fourth-order valence-electron chi connectivity index (χ4n) is 3.95. The molecule has 0 bridgehead atoms. The molecule has 5 rings (SSSR count). The van der Waals surface area contributed by atoms with E-state index in [9.17, 15) is 0 Å². The molecule has 138 valence electrons. The Morgan fingerprint density at radius 1 is 1.00 bits per heavy atom. The van der Waals surface area contributed by atoms with Crippen molar-refractivity contribution in [3.8, 4) is 17.1 Å². The number of benzene rings is 2. The van der Waals surface area contributed by atoms with Crippen LogP contribution in [0.4, 0.5) is 5.69 Å². The lowest BCUT2D eigenvalue weighted by Crippen LogP contribution is -2.46. The topological polar surface area (TPSA) is 44.4 Å². The van der Waals surface area contributed by atoms with Crippen molar-refractivity contribution in [1.29, 1.82) is 0 Å². The number of imidazole rings is 1. The maximum absolute atomic E-state index is 5.59. The Morgan fingerprint density at radius 2 is 1.85 bits per heavy atom. The lowest BCUT2D eigenvalue weighted by atomic mass is 10.1. The molecule has 0 aliphatic carbocycles. The van der Waals surface area contributed by atoms with Crippen LogP contribution in [0.1, 0.15) is 11.3 Å². The van der Waals surface area contributed by atoms with Crippen LogP contribution in [0.2, 0.25) is 0 Å². The molecular weight excluding hydrogens is 336 g/mol. The Balaban J connectivity index is 1.22. The minimum Gasteiger partial charge on any atom is -0.493 e. The minimum absolute atomic E-state index is 0.789. The predicted octanol–water partition coefficient (Wildman–Crippen LogP) is 3.33. The van der Waals surface area contributed by atoms with Crippen LogP contribution in [0.5, 0.6) is 5.75 Å². The number of para-hydroxylation sites is 1. The van der Waals surface area contributed by atoms with Gasteiger partial charge in [-0.3, -0.25) is 4.90 Å². The van der Waals surface area contributed by atoms with Crippen molar-refractivity contribution < 1.29 is 4.74 Å². The molecule has 2 aliphatic rings. The normalized spacial score (nSPS) is 17.0. The minimum atomic E-state index is 0.789. The lowest BCUT2D eigenvalue weighted by molar-refractivity contribution is 0.247. The Kier molecular flexibility index (Phi) is 4.30. The van der Waals surface area contributed by atoms with Gasteiger partial charge in [0.1, 0.15) is 11.6 Å². The number of aromatic amines is 1. The van der Waals surface area contributed by atoms with Gasteiger partial charge in [0.2, 0.25) is 0 Å². The third-order valence-corrected chi connectivity index (χ3v) is 5.47. The van der Waals surface area contributed by atoms with Gasteiger partial charge in [0.15, 0.2) is 0 Å². The first kappa shape index (κ1) is 16.4. The highest BCUT2D eigenvalue weighted by Crippen LogP contribution is 2.29. The fourth-order valence-corrected chi connectivity index (χ4v) is 3.95. The van der Waals surface area contributed by atoms with Gasteiger partial charge in [-0.1, -0.05) is 18.2 Å². The monoisotopic (exact) mass is 360 g/mol. The summed E-state index contributed by atoms with van der Waals surface area (Å²) in [4.78, 5) is 13.1. The Bertz CT molecular complexity index is 913. The molecule has 0 atom stereocenters. The molecule has 2 aromatic carbocycles. The number of aromatic nitrogens is 2. The maximum Gasteiger partial charge on any atom is 0.137 e. The molecule has 5 nitrogen and oxygen atoms in total. The average molecular weight is 360 g/mol. The van der Waals surface area contributed by atoms with Gasteiger partial charge < -0.3 is 14.6 Å². The number of nitrogens with one attached hydrogen (secondary N) is 1. The number of H-pyrrole nitrogens is 1. The zero-order valence-corrected chi connectivity index (χ0v) is 15.4. The SMILES string of the molecule is c1ccc(N2CCN(Cc3c[nH]c(-c4ccc5c(c4)CCO5)n3)CC2)cc1. The predicted molar refractivity (Wildman–Crippen MR) is 107 cm³/mol. The van der Waals surface area contributed by atoms with Gasteiger partial charge in [0.25, 0.3) is 0 Å². The molecule has 27 heavy (non-hydrogen) atoms. The van der Waals surface area contributed by atoms with Crippen LogP contribution in [-0.4, -0.2) is 47.7 Å². The first-order valence-corrected chi connectivity index (χ1v) is 9.68. The van der Waals surface area contributed by atoms with E-state index in [-0.39, 0.29) is 0 Å². The number of hydrogen-bond donors (Lipinski definition) is 1. The second kappa shape index (κ2) is 7.08. The first-order chi connectivity index (χ1) is 13.3. The third kappa shape index (κ3) is 3.43. The van der Waals surface area contributed by atoms with Crippen LogP contribution < -0.4 is 9.64 Å². The second-order valence-corrected chi connectivity index (χ2v) is 7.26. The molecule has 0 radical (unpaired) electrons. The summed E-state index contributed by atoms with van der Waals surface area (Å²) in [7, 11) is 0. The standard InChI is InChI=1S/C22H24N4O/c1-2-4-20(5-3-1)26-11-9-25(10-12-26)16-19-15-23-22(24-19)18-6-7-21-17(14-18)8-13-27-21/h1-7,14-15H,8-13,16H2,(H,23,24). The van der Waals surface area contributed by atoms with Gasteiger partial charge in [0, 0.05) is 56.6 Å². The van der Waals surface area contributed by atoms with Gasteiger partial charge in [-0.05, 0) is 35.9 Å². The van der Waals surface area contributed by atoms with Crippen LogP contribution in [0.3, 0.4) is 0 Å². The average Bonchev–Trinajstić information content (AvgIpc) is 3.38. The van der Waals surface area contributed by atoms with E-state index in [1.165, 1.54) is 11.3 Å². The van der Waals surface area contributed by atoms with Crippen molar-refractivity contribution in [3.63, 3.8) is 0 Å². The number of rotatable bonds is 4. The van der Waals surface area contributed by atoms with E-state index in [2.05, 4.69) is 63.3 Å². The largest absolute Gasteiger partial charge is 0.493 e. The highest BCUT2D eigenvalue weighted by molar-refractivity contribution is 5.59. The van der Waals surface area contributed by atoms with Crippen molar-refractivity contribution in [2.24, 2.45) is 0 Å². The van der Waals surface area contributed by atoms with Gasteiger partial charge in [-0.2, -0.15) is 0 Å². The lowest BCUT2D eigenvalue weighted by Gasteiger charge is -2.35. The molecule has 1 saturated heterocycles. The summed E-state index contributed by atoms with van der Waals surface area (Å²) in [5.74, 6) is 1.96. The molecular formula is C22H24N4O. The van der Waals surface area contributed by atoms with Crippen LogP contribution in [-0.2, 0) is 13.0 Å². The number of hydrogen-bond acceptors (Lipinski definition) is 4. The molecule has 1 fully saturated rings. The van der Waals surface area contributed by atoms with E-state index >= 15 is 0 Å². The van der Waals surface area contributed by atoms with Gasteiger partial charge in [-0.25, -0.2) is 4.98 Å². The van der Waals surface area contributed by atoms with Crippen molar-refractivity contribution in [2.45, 2.75) is 13.0 Å². The Hall–Kier alpha value is -2.79. The van der Waals surface area contributed by atoms with Crippen molar-refractivity contribution in [2.75, 3.05) is 37.7 Å². The summed E-state index contributed by atoms with van der Waals surface area (Å²) in [5, 5.41) is 0. The Labute approximate surface area is 159 Å².